The molecule has 4 rings (SSSR count). The molecule has 2 aromatic heterocycles. The molecular weight excluding hydrogens is 341 g/mol. The first-order valence-corrected chi connectivity index (χ1v) is 7.67. The standard InChI is InChI=1S/C14H7ClFN5OS/c15-6-3-8(12-10(4-6)19-21-20-12)13(22)18-14-17-9-2-1-7(16)5-11(9)23-14/h1-5H,(H,17,18,22)(H,19,20,21). The zero-order chi connectivity index (χ0) is 16.0. The monoisotopic (exact) mass is 347 g/mol. The largest absolute Gasteiger partial charge is 0.298 e. The van der Waals surface area contributed by atoms with Gasteiger partial charge >= 0.3 is 0 Å². The summed E-state index contributed by atoms with van der Waals surface area (Å²) < 4.78 is 13.9. The van der Waals surface area contributed by atoms with E-state index in [0.29, 0.717) is 31.4 Å². The van der Waals surface area contributed by atoms with Crippen LogP contribution >= 0.6 is 22.9 Å². The Morgan fingerprint density at radius 3 is 2.96 bits per heavy atom. The molecule has 0 saturated carbocycles. The number of H-pyrrole nitrogens is 1. The van der Waals surface area contributed by atoms with Crippen LogP contribution in [0, 0.1) is 5.82 Å². The number of carbonyl (C=O) groups excluding carboxylic acids is 1. The van der Waals surface area contributed by atoms with Gasteiger partial charge in [-0.3, -0.25) is 10.1 Å². The van der Waals surface area contributed by atoms with Gasteiger partial charge in [0.2, 0.25) is 0 Å². The number of amides is 1. The lowest BCUT2D eigenvalue weighted by atomic mass is 10.1. The molecule has 2 heterocycles. The van der Waals surface area contributed by atoms with E-state index in [1.807, 2.05) is 0 Å². The number of anilines is 1. The fraction of sp³-hybridized carbons (Fsp3) is 0. The molecule has 0 aliphatic carbocycles. The highest BCUT2D eigenvalue weighted by atomic mass is 35.5. The number of hydrogen-bond acceptors (Lipinski definition) is 5. The average Bonchev–Trinajstić information content (AvgIpc) is 3.11. The van der Waals surface area contributed by atoms with Crippen LogP contribution in [-0.4, -0.2) is 26.3 Å². The van der Waals surface area contributed by atoms with Gasteiger partial charge in [0.05, 0.1) is 15.8 Å². The third-order valence-electron chi connectivity index (χ3n) is 3.20. The lowest BCUT2D eigenvalue weighted by Gasteiger charge is -2.02. The molecule has 23 heavy (non-hydrogen) atoms. The lowest BCUT2D eigenvalue weighted by molar-refractivity contribution is 0.102. The molecule has 0 aliphatic rings. The minimum Gasteiger partial charge on any atom is -0.298 e. The molecule has 0 unspecified atom stereocenters. The van der Waals surface area contributed by atoms with Crippen LogP contribution in [0.15, 0.2) is 30.3 Å². The normalized spacial score (nSPS) is 11.2. The molecule has 9 heteroatoms. The maximum atomic E-state index is 13.2. The van der Waals surface area contributed by atoms with Gasteiger partial charge in [0.15, 0.2) is 5.13 Å². The number of thiazole rings is 1. The van der Waals surface area contributed by atoms with Crippen LogP contribution in [0.25, 0.3) is 21.3 Å². The van der Waals surface area contributed by atoms with Gasteiger partial charge in [-0.05, 0) is 30.3 Å². The summed E-state index contributed by atoms with van der Waals surface area (Å²) in [6.45, 7) is 0. The predicted octanol–water partition coefficient (Wildman–Crippen LogP) is 3.61. The van der Waals surface area contributed by atoms with Gasteiger partial charge in [0.25, 0.3) is 5.91 Å². The number of halogens is 2. The van der Waals surface area contributed by atoms with Crippen molar-refractivity contribution in [2.75, 3.05) is 5.32 Å². The first kappa shape index (κ1) is 14.0. The Kier molecular flexibility index (Phi) is 3.21. The molecule has 0 bridgehead atoms. The van der Waals surface area contributed by atoms with E-state index in [1.165, 1.54) is 29.5 Å². The van der Waals surface area contributed by atoms with E-state index in [2.05, 4.69) is 25.7 Å². The highest BCUT2D eigenvalue weighted by Crippen LogP contribution is 2.28. The summed E-state index contributed by atoms with van der Waals surface area (Å²) in [7, 11) is 0. The molecule has 0 atom stereocenters. The summed E-state index contributed by atoms with van der Waals surface area (Å²) in [5.41, 5.74) is 1.81. The van der Waals surface area contributed by atoms with Crippen molar-refractivity contribution in [3.8, 4) is 0 Å². The maximum absolute atomic E-state index is 13.2. The van der Waals surface area contributed by atoms with Crippen molar-refractivity contribution in [1.29, 1.82) is 0 Å². The Labute approximate surface area is 137 Å². The number of nitrogens with zero attached hydrogens (tertiary/aromatic N) is 3. The Bertz CT molecular complexity index is 1060. The van der Waals surface area contributed by atoms with Gasteiger partial charge in [-0.1, -0.05) is 22.9 Å². The fourth-order valence-electron chi connectivity index (χ4n) is 2.21. The second-order valence-corrected chi connectivity index (χ2v) is 6.20. The number of aromatic amines is 1. The number of hydrogen-bond donors (Lipinski definition) is 2. The fourth-order valence-corrected chi connectivity index (χ4v) is 3.30. The average molecular weight is 348 g/mol. The van der Waals surface area contributed by atoms with Crippen molar-refractivity contribution in [2.24, 2.45) is 0 Å². The molecule has 2 aromatic carbocycles. The van der Waals surface area contributed by atoms with Crippen molar-refractivity contribution in [3.63, 3.8) is 0 Å². The summed E-state index contributed by atoms with van der Waals surface area (Å²) in [5, 5.41) is 13.8. The van der Waals surface area contributed by atoms with Crippen LogP contribution in [0.2, 0.25) is 5.02 Å². The zero-order valence-electron chi connectivity index (χ0n) is 11.3. The van der Waals surface area contributed by atoms with Gasteiger partial charge in [-0.2, -0.15) is 15.4 Å². The predicted molar refractivity (Wildman–Crippen MR) is 86.4 cm³/mol. The Morgan fingerprint density at radius 2 is 2.09 bits per heavy atom. The maximum Gasteiger partial charge on any atom is 0.259 e. The van der Waals surface area contributed by atoms with Crippen molar-refractivity contribution in [2.45, 2.75) is 0 Å². The zero-order valence-corrected chi connectivity index (χ0v) is 12.9. The Balaban J connectivity index is 1.71. The highest BCUT2D eigenvalue weighted by Gasteiger charge is 2.16. The summed E-state index contributed by atoms with van der Waals surface area (Å²) >= 11 is 7.18. The van der Waals surface area contributed by atoms with Gasteiger partial charge in [0, 0.05) is 5.02 Å². The third kappa shape index (κ3) is 2.51. The van der Waals surface area contributed by atoms with Crippen molar-refractivity contribution in [1.82, 2.24) is 20.4 Å². The lowest BCUT2D eigenvalue weighted by Crippen LogP contribution is -2.12. The second-order valence-electron chi connectivity index (χ2n) is 4.73. The molecule has 4 aromatic rings. The molecular formula is C14H7ClFN5OS. The third-order valence-corrected chi connectivity index (χ3v) is 4.35. The van der Waals surface area contributed by atoms with Crippen LogP contribution in [0.4, 0.5) is 9.52 Å². The Morgan fingerprint density at radius 1 is 1.22 bits per heavy atom. The molecule has 6 nitrogen and oxygen atoms in total. The van der Waals surface area contributed by atoms with E-state index in [-0.39, 0.29) is 11.4 Å². The number of rotatable bonds is 2. The summed E-state index contributed by atoms with van der Waals surface area (Å²) in [6, 6.07) is 7.37. The summed E-state index contributed by atoms with van der Waals surface area (Å²) in [6.07, 6.45) is 0. The van der Waals surface area contributed by atoms with E-state index in [9.17, 15) is 9.18 Å². The summed E-state index contributed by atoms with van der Waals surface area (Å²) in [4.78, 5) is 16.7. The van der Waals surface area contributed by atoms with Crippen molar-refractivity contribution in [3.05, 3.63) is 46.7 Å². The van der Waals surface area contributed by atoms with Crippen LogP contribution < -0.4 is 5.32 Å². The van der Waals surface area contributed by atoms with E-state index >= 15 is 0 Å². The van der Waals surface area contributed by atoms with Gasteiger partial charge < -0.3 is 0 Å². The van der Waals surface area contributed by atoms with Gasteiger partial charge in [-0.15, -0.1) is 0 Å². The second kappa shape index (κ2) is 5.25. The number of benzene rings is 2. The quantitative estimate of drug-likeness (QED) is 0.580. The molecule has 0 radical (unpaired) electrons. The van der Waals surface area contributed by atoms with Gasteiger partial charge in [-0.25, -0.2) is 9.37 Å². The van der Waals surface area contributed by atoms with Crippen LogP contribution in [0.3, 0.4) is 0 Å². The van der Waals surface area contributed by atoms with Gasteiger partial charge in [0.1, 0.15) is 16.9 Å². The highest BCUT2D eigenvalue weighted by molar-refractivity contribution is 7.22. The number of nitrogens with one attached hydrogen (secondary N) is 2. The van der Waals surface area contributed by atoms with Crippen LogP contribution in [-0.2, 0) is 0 Å². The molecule has 0 saturated heterocycles. The molecule has 0 aliphatic heterocycles. The minimum absolute atomic E-state index is 0.284. The smallest absolute Gasteiger partial charge is 0.259 e. The Hall–Kier alpha value is -2.58. The van der Waals surface area contributed by atoms with Crippen molar-refractivity contribution < 1.29 is 9.18 Å². The number of fused-ring (bicyclic) bond motifs is 2. The molecule has 0 fully saturated rings. The SMILES string of the molecule is O=C(Nc1nc2ccc(F)cc2s1)c1cc(Cl)cc2n[nH]nc12. The van der Waals surface area contributed by atoms with Crippen molar-refractivity contribution >= 4 is 55.2 Å². The molecule has 1 amide bonds. The van der Waals surface area contributed by atoms with E-state index in [4.69, 9.17) is 11.6 Å². The van der Waals surface area contributed by atoms with E-state index in [0.717, 1.165) is 0 Å². The summed E-state index contributed by atoms with van der Waals surface area (Å²) in [5.74, 6) is -0.760. The number of carbonyl (C=O) groups is 1. The molecule has 114 valence electrons. The molecule has 0 spiro atoms. The molecule has 2 N–H and O–H groups in total. The first-order valence-electron chi connectivity index (χ1n) is 6.47. The first-order chi connectivity index (χ1) is 11.1. The number of aromatic nitrogens is 4. The van der Waals surface area contributed by atoms with E-state index < -0.39 is 5.91 Å². The topological polar surface area (TPSA) is 83.6 Å². The van der Waals surface area contributed by atoms with Crippen LogP contribution in [0.1, 0.15) is 10.4 Å². The van der Waals surface area contributed by atoms with Crippen LogP contribution in [0.5, 0.6) is 0 Å². The van der Waals surface area contributed by atoms with E-state index in [1.54, 1.807) is 12.1 Å². The minimum atomic E-state index is -0.411.